The van der Waals surface area contributed by atoms with Crippen molar-refractivity contribution in [3.05, 3.63) is 0 Å². The van der Waals surface area contributed by atoms with Crippen LogP contribution in [0.25, 0.3) is 0 Å². The first-order valence-corrected chi connectivity index (χ1v) is 7.78. The van der Waals surface area contributed by atoms with Crippen molar-refractivity contribution >= 4 is 12.0 Å². The molecule has 5 heteroatoms. The molecule has 2 amide bonds. The smallest absolute Gasteiger partial charge is 0.317 e. The SMILES string of the molecule is CCC1(C(=O)O)CCN(C(=O)NCC2(C3CC3)CC2)C1. The third-order valence-electron chi connectivity index (χ3n) is 5.70. The molecule has 0 aromatic carbocycles. The van der Waals surface area contributed by atoms with Crippen molar-refractivity contribution in [2.24, 2.45) is 16.7 Å². The molecule has 0 aromatic rings. The first-order chi connectivity index (χ1) is 9.51. The maximum Gasteiger partial charge on any atom is 0.317 e. The molecule has 0 aromatic heterocycles. The van der Waals surface area contributed by atoms with Gasteiger partial charge in [-0.05, 0) is 49.9 Å². The van der Waals surface area contributed by atoms with E-state index in [0.717, 1.165) is 12.5 Å². The maximum absolute atomic E-state index is 12.2. The van der Waals surface area contributed by atoms with E-state index in [4.69, 9.17) is 0 Å². The van der Waals surface area contributed by atoms with Gasteiger partial charge in [-0.25, -0.2) is 4.79 Å². The van der Waals surface area contributed by atoms with Gasteiger partial charge in [-0.15, -0.1) is 0 Å². The molecule has 2 N–H and O–H groups in total. The summed E-state index contributed by atoms with van der Waals surface area (Å²) in [5.41, 5.74) is -0.338. The summed E-state index contributed by atoms with van der Waals surface area (Å²) in [7, 11) is 0. The van der Waals surface area contributed by atoms with Crippen LogP contribution in [0.3, 0.4) is 0 Å². The number of carboxylic acid groups (broad SMARTS) is 1. The monoisotopic (exact) mass is 280 g/mol. The summed E-state index contributed by atoms with van der Waals surface area (Å²) < 4.78 is 0. The highest BCUT2D eigenvalue weighted by atomic mass is 16.4. The van der Waals surface area contributed by atoms with Gasteiger partial charge in [0, 0.05) is 19.6 Å². The van der Waals surface area contributed by atoms with Crippen LogP contribution in [0.5, 0.6) is 0 Å². The molecule has 1 heterocycles. The standard InChI is InChI=1S/C15H24N2O3/c1-2-14(12(18)19)7-8-17(10-14)13(20)16-9-15(5-6-15)11-3-4-11/h11H,2-10H2,1H3,(H,16,20)(H,18,19). The van der Waals surface area contributed by atoms with Crippen molar-refractivity contribution < 1.29 is 14.7 Å². The molecule has 0 spiro atoms. The van der Waals surface area contributed by atoms with E-state index in [-0.39, 0.29) is 6.03 Å². The molecule has 112 valence electrons. The van der Waals surface area contributed by atoms with E-state index in [2.05, 4.69) is 5.32 Å². The molecule has 0 bridgehead atoms. The van der Waals surface area contributed by atoms with Gasteiger partial charge in [0.05, 0.1) is 5.41 Å². The molecular formula is C15H24N2O3. The molecular weight excluding hydrogens is 256 g/mol. The number of urea groups is 1. The first-order valence-electron chi connectivity index (χ1n) is 7.78. The highest BCUT2D eigenvalue weighted by molar-refractivity contribution is 5.79. The number of nitrogens with one attached hydrogen (secondary N) is 1. The number of rotatable bonds is 5. The molecule has 3 aliphatic rings. The summed E-state index contributed by atoms with van der Waals surface area (Å²) in [6.07, 6.45) is 6.27. The molecule has 2 aliphatic carbocycles. The van der Waals surface area contributed by atoms with Crippen molar-refractivity contribution in [1.29, 1.82) is 0 Å². The molecule has 2 saturated carbocycles. The van der Waals surface area contributed by atoms with E-state index in [1.807, 2.05) is 6.92 Å². The van der Waals surface area contributed by atoms with E-state index in [0.29, 0.717) is 31.3 Å². The number of aliphatic carboxylic acids is 1. The van der Waals surface area contributed by atoms with E-state index in [9.17, 15) is 14.7 Å². The van der Waals surface area contributed by atoms with Gasteiger partial charge in [-0.2, -0.15) is 0 Å². The van der Waals surface area contributed by atoms with Gasteiger partial charge in [-0.3, -0.25) is 4.79 Å². The Morgan fingerprint density at radius 1 is 1.30 bits per heavy atom. The third-order valence-corrected chi connectivity index (χ3v) is 5.70. The summed E-state index contributed by atoms with van der Waals surface area (Å²) in [6, 6.07) is -0.0755. The van der Waals surface area contributed by atoms with Crippen LogP contribution in [0.1, 0.15) is 45.4 Å². The van der Waals surface area contributed by atoms with Crippen molar-refractivity contribution in [1.82, 2.24) is 10.2 Å². The normalized spacial score (nSPS) is 31.1. The lowest BCUT2D eigenvalue weighted by Crippen LogP contribution is -2.43. The molecule has 1 unspecified atom stereocenters. The fraction of sp³-hybridized carbons (Fsp3) is 0.867. The number of carbonyl (C=O) groups is 2. The van der Waals surface area contributed by atoms with Crippen LogP contribution in [0.15, 0.2) is 0 Å². The lowest BCUT2D eigenvalue weighted by atomic mass is 9.84. The lowest BCUT2D eigenvalue weighted by molar-refractivity contribution is -0.148. The Morgan fingerprint density at radius 3 is 2.45 bits per heavy atom. The van der Waals surface area contributed by atoms with E-state index in [1.54, 1.807) is 4.90 Å². The van der Waals surface area contributed by atoms with Crippen LogP contribution >= 0.6 is 0 Å². The topological polar surface area (TPSA) is 69.6 Å². The highest BCUT2D eigenvalue weighted by Gasteiger charge is 2.54. The van der Waals surface area contributed by atoms with Crippen LogP contribution in [0.4, 0.5) is 4.79 Å². The Bertz CT molecular complexity index is 429. The van der Waals surface area contributed by atoms with Gasteiger partial charge < -0.3 is 15.3 Å². The number of hydrogen-bond acceptors (Lipinski definition) is 2. The average Bonchev–Trinajstić information content (AvgIpc) is 3.33. The molecule has 5 nitrogen and oxygen atoms in total. The quantitative estimate of drug-likeness (QED) is 0.810. The maximum atomic E-state index is 12.2. The number of hydrogen-bond donors (Lipinski definition) is 2. The Kier molecular flexibility index (Phi) is 3.18. The Balaban J connectivity index is 1.52. The average molecular weight is 280 g/mol. The third kappa shape index (κ3) is 2.27. The van der Waals surface area contributed by atoms with Gasteiger partial charge in [0.1, 0.15) is 0 Å². The predicted octanol–water partition coefficient (Wildman–Crippen LogP) is 2.07. The zero-order valence-corrected chi connectivity index (χ0v) is 12.2. The molecule has 1 atom stereocenters. The van der Waals surface area contributed by atoms with E-state index < -0.39 is 11.4 Å². The molecule has 1 saturated heterocycles. The molecule has 1 aliphatic heterocycles. The summed E-state index contributed by atoms with van der Waals surface area (Å²) in [5, 5.41) is 12.4. The Labute approximate surface area is 119 Å². The fourth-order valence-electron chi connectivity index (χ4n) is 3.61. The highest BCUT2D eigenvalue weighted by Crippen LogP contribution is 2.60. The number of carbonyl (C=O) groups excluding carboxylic acids is 1. The zero-order chi connectivity index (χ0) is 14.4. The van der Waals surface area contributed by atoms with Gasteiger partial charge in [0.25, 0.3) is 0 Å². The van der Waals surface area contributed by atoms with Gasteiger partial charge >= 0.3 is 12.0 Å². The number of likely N-dealkylation sites (tertiary alicyclic amines) is 1. The minimum absolute atomic E-state index is 0.0755. The zero-order valence-electron chi connectivity index (χ0n) is 12.2. The summed E-state index contributed by atoms with van der Waals surface area (Å²) >= 11 is 0. The first kappa shape index (κ1) is 13.7. The van der Waals surface area contributed by atoms with E-state index in [1.165, 1.54) is 25.7 Å². The summed E-state index contributed by atoms with van der Waals surface area (Å²) in [5.74, 6) is 0.0575. The van der Waals surface area contributed by atoms with Crippen molar-refractivity contribution in [2.45, 2.75) is 45.4 Å². The lowest BCUT2D eigenvalue weighted by Gasteiger charge is -2.24. The summed E-state index contributed by atoms with van der Waals surface area (Å²) in [6.45, 7) is 3.57. The second-order valence-electron chi connectivity index (χ2n) is 6.91. The summed E-state index contributed by atoms with van der Waals surface area (Å²) in [4.78, 5) is 25.3. The van der Waals surface area contributed by atoms with E-state index >= 15 is 0 Å². The predicted molar refractivity (Wildman–Crippen MR) is 74.3 cm³/mol. The second-order valence-corrected chi connectivity index (χ2v) is 6.91. The molecule has 0 radical (unpaired) electrons. The van der Waals surface area contributed by atoms with Crippen molar-refractivity contribution in [2.75, 3.05) is 19.6 Å². The van der Waals surface area contributed by atoms with Gasteiger partial charge in [-0.1, -0.05) is 6.92 Å². The van der Waals surface area contributed by atoms with Crippen molar-refractivity contribution in [3.63, 3.8) is 0 Å². The Hall–Kier alpha value is -1.26. The van der Waals surface area contributed by atoms with Gasteiger partial charge in [0.15, 0.2) is 0 Å². The number of amides is 2. The van der Waals surface area contributed by atoms with Crippen LogP contribution in [-0.2, 0) is 4.79 Å². The molecule has 3 rings (SSSR count). The molecule has 3 fully saturated rings. The largest absolute Gasteiger partial charge is 0.481 e. The van der Waals surface area contributed by atoms with Crippen molar-refractivity contribution in [3.8, 4) is 0 Å². The number of nitrogens with zero attached hydrogens (tertiary/aromatic N) is 1. The minimum Gasteiger partial charge on any atom is -0.481 e. The number of carboxylic acids is 1. The van der Waals surface area contributed by atoms with Crippen LogP contribution < -0.4 is 5.32 Å². The fourth-order valence-corrected chi connectivity index (χ4v) is 3.61. The van der Waals surface area contributed by atoms with Crippen LogP contribution in [-0.4, -0.2) is 41.6 Å². The Morgan fingerprint density at radius 2 is 2.00 bits per heavy atom. The molecule has 20 heavy (non-hydrogen) atoms. The van der Waals surface area contributed by atoms with Crippen LogP contribution in [0, 0.1) is 16.7 Å². The minimum atomic E-state index is -0.771. The van der Waals surface area contributed by atoms with Crippen LogP contribution in [0.2, 0.25) is 0 Å². The second kappa shape index (κ2) is 4.64. The van der Waals surface area contributed by atoms with Gasteiger partial charge in [0.2, 0.25) is 0 Å².